The van der Waals surface area contributed by atoms with Crippen molar-refractivity contribution in [2.24, 2.45) is 0 Å². The van der Waals surface area contributed by atoms with E-state index in [2.05, 4.69) is 20.7 Å². The van der Waals surface area contributed by atoms with Crippen LogP contribution in [0.4, 0.5) is 0 Å². The second-order valence-electron chi connectivity index (χ2n) is 10.4. The molecule has 0 spiro atoms. The van der Waals surface area contributed by atoms with Crippen LogP contribution >= 0.6 is 0 Å². The number of nitrogens with one attached hydrogen (secondary N) is 1. The van der Waals surface area contributed by atoms with Crippen LogP contribution in [0.15, 0.2) is 51.3 Å². The molecule has 1 aliphatic heterocycles. The van der Waals surface area contributed by atoms with Crippen LogP contribution in [0, 0.1) is 13.8 Å². The third-order valence-corrected chi connectivity index (χ3v) is 5.89. The Kier molecular flexibility index (Phi) is 6.85. The number of rotatable bonds is 8. The molecule has 2 amide bonds. The van der Waals surface area contributed by atoms with Gasteiger partial charge in [-0.3, -0.25) is 9.59 Å². The molecule has 0 bridgehead atoms. The largest absolute Gasteiger partial charge is 0.464 e. The van der Waals surface area contributed by atoms with Crippen LogP contribution in [0.5, 0.6) is 11.5 Å². The molecule has 1 aromatic carbocycles. The van der Waals surface area contributed by atoms with Crippen molar-refractivity contribution >= 4 is 11.8 Å². The average Bonchev–Trinajstić information content (AvgIpc) is 3.65. The number of nitrogens with zero attached hydrogens (tertiary/aromatic N) is 5. The normalized spacial score (nSPS) is 13.4. The molecule has 1 aliphatic rings. The Morgan fingerprint density at radius 3 is 2.46 bits per heavy atom. The number of ether oxygens (including phenoxy) is 2. The van der Waals surface area contributed by atoms with E-state index in [-0.39, 0.29) is 31.6 Å². The zero-order valence-electron chi connectivity index (χ0n) is 22.4. The summed E-state index contributed by atoms with van der Waals surface area (Å²) in [5.41, 5.74) is 0.191. The number of tetrazole rings is 1. The zero-order chi connectivity index (χ0) is 27.7. The lowest BCUT2D eigenvalue weighted by atomic mass is 10.1. The predicted molar refractivity (Wildman–Crippen MR) is 137 cm³/mol. The van der Waals surface area contributed by atoms with E-state index < -0.39 is 17.5 Å². The molecule has 0 fully saturated rings. The van der Waals surface area contributed by atoms with E-state index >= 15 is 0 Å². The van der Waals surface area contributed by atoms with E-state index in [1.807, 2.05) is 33.8 Å². The first-order valence-electron chi connectivity index (χ1n) is 12.5. The Balaban J connectivity index is 1.49. The third kappa shape index (κ3) is 5.95. The lowest BCUT2D eigenvalue weighted by molar-refractivity contribution is -0.143. The molecule has 4 heterocycles. The molecule has 3 aromatic heterocycles. The topological polar surface area (TPSA) is 138 Å². The van der Waals surface area contributed by atoms with Crippen molar-refractivity contribution in [1.82, 2.24) is 30.4 Å². The van der Waals surface area contributed by atoms with Gasteiger partial charge >= 0.3 is 0 Å². The van der Waals surface area contributed by atoms with Crippen LogP contribution in [0.3, 0.4) is 0 Å². The average molecular weight is 535 g/mol. The number of benzene rings is 1. The number of amides is 2. The maximum Gasteiger partial charge on any atom is 0.251 e. The summed E-state index contributed by atoms with van der Waals surface area (Å²) in [7, 11) is 0. The van der Waals surface area contributed by atoms with Crippen molar-refractivity contribution in [2.45, 2.75) is 59.3 Å². The Labute approximate surface area is 224 Å². The minimum Gasteiger partial charge on any atom is -0.464 e. The summed E-state index contributed by atoms with van der Waals surface area (Å²) < 4.78 is 22.4. The van der Waals surface area contributed by atoms with Gasteiger partial charge in [-0.15, -0.1) is 10.2 Å². The number of carbonyl (C=O) groups excluding carboxylic acids is 2. The SMILES string of the molecule is Cc1ccc(-c2nnn(CC(=O)N(Cc3ccc4c(c3)OCO4)[C@@H](C(=O)NC(C)(C)C)c3ccc(C)o3)n2)o1. The van der Waals surface area contributed by atoms with E-state index in [0.717, 1.165) is 5.56 Å². The summed E-state index contributed by atoms with van der Waals surface area (Å²) in [6.07, 6.45) is 0. The van der Waals surface area contributed by atoms with Gasteiger partial charge in [-0.2, -0.15) is 4.80 Å². The molecule has 0 radical (unpaired) electrons. The summed E-state index contributed by atoms with van der Waals surface area (Å²) in [5, 5.41) is 15.3. The standard InChI is InChI=1S/C27H30N6O6/c1-16-6-9-20(38-16)24(26(35)28-27(3,4)5)32(13-18-8-11-19-22(12-18)37-15-36-19)23(34)14-33-30-25(29-31-33)21-10-7-17(2)39-21/h6-12,24H,13-15H2,1-5H3,(H,28,35)/t24-/m1/s1. The third-order valence-electron chi connectivity index (χ3n) is 5.89. The summed E-state index contributed by atoms with van der Waals surface area (Å²) >= 11 is 0. The molecule has 4 aromatic rings. The van der Waals surface area contributed by atoms with Crippen LogP contribution in [0.1, 0.15) is 49.7 Å². The molecule has 1 atom stereocenters. The molecule has 1 N–H and O–H groups in total. The van der Waals surface area contributed by atoms with Crippen LogP contribution in [-0.2, 0) is 22.7 Å². The fourth-order valence-electron chi connectivity index (χ4n) is 4.20. The maximum atomic E-state index is 13.9. The van der Waals surface area contributed by atoms with Crippen LogP contribution in [-0.4, -0.2) is 49.3 Å². The predicted octanol–water partition coefficient (Wildman–Crippen LogP) is 3.56. The van der Waals surface area contributed by atoms with Gasteiger partial charge < -0.3 is 28.5 Å². The molecular formula is C27H30N6O6. The Morgan fingerprint density at radius 2 is 1.77 bits per heavy atom. The number of carbonyl (C=O) groups is 2. The molecule has 39 heavy (non-hydrogen) atoms. The van der Waals surface area contributed by atoms with Gasteiger partial charge in [0.2, 0.25) is 18.5 Å². The number of hydrogen-bond acceptors (Lipinski definition) is 9. The highest BCUT2D eigenvalue weighted by Gasteiger charge is 2.36. The molecule has 0 unspecified atom stereocenters. The van der Waals surface area contributed by atoms with Gasteiger partial charge in [-0.1, -0.05) is 6.07 Å². The van der Waals surface area contributed by atoms with Crippen LogP contribution in [0.25, 0.3) is 11.6 Å². The van der Waals surface area contributed by atoms with Crippen molar-refractivity contribution in [2.75, 3.05) is 6.79 Å². The number of fused-ring (bicyclic) bond motifs is 1. The molecular weight excluding hydrogens is 504 g/mol. The Morgan fingerprint density at radius 1 is 1.03 bits per heavy atom. The smallest absolute Gasteiger partial charge is 0.251 e. The summed E-state index contributed by atoms with van der Waals surface area (Å²) in [4.78, 5) is 30.2. The summed E-state index contributed by atoms with van der Waals surface area (Å²) in [5.74, 6) is 2.73. The number of hydrogen-bond donors (Lipinski definition) is 1. The quantitative estimate of drug-likeness (QED) is 0.360. The monoisotopic (exact) mass is 534 g/mol. The molecule has 12 nitrogen and oxygen atoms in total. The summed E-state index contributed by atoms with van der Waals surface area (Å²) in [6, 6.07) is 11.3. The zero-order valence-corrected chi connectivity index (χ0v) is 22.4. The van der Waals surface area contributed by atoms with Crippen molar-refractivity contribution in [1.29, 1.82) is 0 Å². The van der Waals surface area contributed by atoms with Crippen molar-refractivity contribution in [3.05, 3.63) is 65.3 Å². The van der Waals surface area contributed by atoms with Gasteiger partial charge in [0, 0.05) is 12.1 Å². The Bertz CT molecular complexity index is 1500. The van der Waals surface area contributed by atoms with Gasteiger partial charge in [0.1, 0.15) is 23.8 Å². The van der Waals surface area contributed by atoms with Gasteiger partial charge in [-0.25, -0.2) is 0 Å². The minimum atomic E-state index is -1.06. The number of aryl methyl sites for hydroxylation is 2. The van der Waals surface area contributed by atoms with Gasteiger partial charge in [-0.05, 0) is 81.8 Å². The highest BCUT2D eigenvalue weighted by Crippen LogP contribution is 2.34. The highest BCUT2D eigenvalue weighted by atomic mass is 16.7. The minimum absolute atomic E-state index is 0.0797. The summed E-state index contributed by atoms with van der Waals surface area (Å²) in [6.45, 7) is 9.14. The van der Waals surface area contributed by atoms with Crippen LogP contribution < -0.4 is 14.8 Å². The second kappa shape index (κ2) is 10.3. The van der Waals surface area contributed by atoms with Gasteiger partial charge in [0.25, 0.3) is 5.91 Å². The van der Waals surface area contributed by atoms with E-state index in [1.54, 1.807) is 43.3 Å². The van der Waals surface area contributed by atoms with Gasteiger partial charge in [0.05, 0.1) is 0 Å². The molecule has 0 saturated heterocycles. The first-order chi connectivity index (χ1) is 18.6. The van der Waals surface area contributed by atoms with Crippen LogP contribution in [0.2, 0.25) is 0 Å². The molecule has 204 valence electrons. The van der Waals surface area contributed by atoms with E-state index in [4.69, 9.17) is 18.3 Å². The van der Waals surface area contributed by atoms with E-state index in [0.29, 0.717) is 34.5 Å². The molecule has 5 rings (SSSR count). The number of aromatic nitrogens is 4. The lowest BCUT2D eigenvalue weighted by Crippen LogP contribution is -2.49. The van der Waals surface area contributed by atoms with Crippen molar-refractivity contribution in [3.63, 3.8) is 0 Å². The maximum absolute atomic E-state index is 13.9. The lowest BCUT2D eigenvalue weighted by Gasteiger charge is -2.32. The number of furan rings is 2. The molecule has 0 aliphatic carbocycles. The highest BCUT2D eigenvalue weighted by molar-refractivity contribution is 5.88. The second-order valence-corrected chi connectivity index (χ2v) is 10.4. The van der Waals surface area contributed by atoms with Crippen molar-refractivity contribution in [3.8, 4) is 23.1 Å². The van der Waals surface area contributed by atoms with E-state index in [9.17, 15) is 9.59 Å². The fourth-order valence-corrected chi connectivity index (χ4v) is 4.20. The first-order valence-corrected chi connectivity index (χ1v) is 12.5. The fraction of sp³-hybridized carbons (Fsp3) is 0.370. The molecule has 12 heteroatoms. The molecule has 0 saturated carbocycles. The van der Waals surface area contributed by atoms with Gasteiger partial charge in [0.15, 0.2) is 23.3 Å². The van der Waals surface area contributed by atoms with E-state index in [1.165, 1.54) is 9.70 Å². The first kappa shape index (κ1) is 26.0. The van der Waals surface area contributed by atoms with Crippen molar-refractivity contribution < 1.29 is 27.9 Å². The Hall–Kier alpha value is -4.61.